The molecule has 0 aromatic heterocycles. The second-order valence-corrected chi connectivity index (χ2v) is 18.2. The monoisotopic (exact) mass is 959 g/mol. The van der Waals surface area contributed by atoms with E-state index < -0.39 is 7.82 Å². The van der Waals surface area contributed by atoms with E-state index in [1.165, 1.54) is 154 Å². The molecular weight excluding hydrogens is 856 g/mol. The van der Waals surface area contributed by atoms with Crippen molar-refractivity contribution in [2.75, 3.05) is 145 Å². The summed E-state index contributed by atoms with van der Waals surface area (Å²) in [6, 6.07) is 0. The van der Waals surface area contributed by atoms with E-state index in [0.717, 1.165) is 26.1 Å². The molecule has 0 radical (unpaired) electrons. The van der Waals surface area contributed by atoms with Gasteiger partial charge in [-0.15, -0.1) is 0 Å². The van der Waals surface area contributed by atoms with Gasteiger partial charge in [-0.1, -0.05) is 168 Å². The summed E-state index contributed by atoms with van der Waals surface area (Å²) in [5.74, 6) is 0. The van der Waals surface area contributed by atoms with Crippen molar-refractivity contribution in [3.05, 3.63) is 0 Å². The molecule has 0 heterocycles. The molecule has 0 amide bonds. The normalized spacial score (nSPS) is 12.0. The number of ether oxygens (including phenoxy) is 10. The number of rotatable bonds is 60. The van der Waals surface area contributed by atoms with Crippen molar-refractivity contribution < 1.29 is 65.9 Å². The highest BCUT2D eigenvalue weighted by Gasteiger charge is 2.20. The Bertz CT molecular complexity index is 842. The van der Waals surface area contributed by atoms with Crippen LogP contribution in [0.4, 0.5) is 0 Å². The fourth-order valence-electron chi connectivity index (χ4n) is 6.87. The highest BCUT2D eigenvalue weighted by molar-refractivity contribution is 7.47. The van der Waals surface area contributed by atoms with Gasteiger partial charge in [0, 0.05) is 13.2 Å². The van der Waals surface area contributed by atoms with Crippen molar-refractivity contribution in [1.82, 2.24) is 0 Å². The molecule has 0 saturated carbocycles. The summed E-state index contributed by atoms with van der Waals surface area (Å²) < 4.78 is 77.1. The minimum atomic E-state index is -4.19. The van der Waals surface area contributed by atoms with Crippen molar-refractivity contribution in [3.8, 4) is 0 Å². The lowest BCUT2D eigenvalue weighted by Crippen LogP contribution is -2.14. The van der Waals surface area contributed by atoms with Crippen molar-refractivity contribution in [2.24, 2.45) is 0 Å². The SMILES string of the molecule is CCCCCCCCCCCCCCCOCCOCCOCCOCCOCCOP(=O)(O)OCCOCCOCCOCCOCCOCCCCCCCCCCCCCCC. The Kier molecular flexibility index (Phi) is 57.8. The summed E-state index contributed by atoms with van der Waals surface area (Å²) in [6.45, 7) is 13.9. The quantitative estimate of drug-likeness (QED) is 0.0455. The molecule has 0 spiro atoms. The molecule has 1 N–H and O–H groups in total. The third-order valence-corrected chi connectivity index (χ3v) is 11.7. The average molecular weight is 959 g/mol. The van der Waals surface area contributed by atoms with E-state index in [4.69, 9.17) is 56.4 Å². The van der Waals surface area contributed by atoms with Crippen LogP contribution in [0, 0.1) is 0 Å². The third-order valence-electron chi connectivity index (χ3n) is 10.7. The summed E-state index contributed by atoms with van der Waals surface area (Å²) in [4.78, 5) is 9.81. The minimum absolute atomic E-state index is 0.0851. The predicted octanol–water partition coefficient (Wildman–Crippen LogP) is 11.5. The second-order valence-electron chi connectivity index (χ2n) is 16.7. The molecule has 15 heteroatoms. The van der Waals surface area contributed by atoms with Crippen LogP contribution in [0.2, 0.25) is 0 Å². The molecule has 0 aliphatic heterocycles. The highest BCUT2D eigenvalue weighted by atomic mass is 31.2. The summed E-state index contributed by atoms with van der Waals surface area (Å²) in [5, 5.41) is 0. The topological polar surface area (TPSA) is 148 Å². The summed E-state index contributed by atoms with van der Waals surface area (Å²) in [6.07, 6.45) is 35.2. The summed E-state index contributed by atoms with van der Waals surface area (Å²) >= 11 is 0. The molecule has 14 nitrogen and oxygen atoms in total. The van der Waals surface area contributed by atoms with Gasteiger partial charge >= 0.3 is 7.82 Å². The third kappa shape index (κ3) is 59.8. The molecule has 0 atom stereocenters. The van der Waals surface area contributed by atoms with Gasteiger partial charge in [0.1, 0.15) is 0 Å². The van der Waals surface area contributed by atoms with Crippen LogP contribution in [0.5, 0.6) is 0 Å². The Balaban J connectivity index is 3.22. The Morgan fingerprint density at radius 1 is 0.231 bits per heavy atom. The first-order valence-corrected chi connectivity index (χ1v) is 28.0. The van der Waals surface area contributed by atoms with Gasteiger partial charge in [0.2, 0.25) is 0 Å². The van der Waals surface area contributed by atoms with E-state index in [9.17, 15) is 9.46 Å². The van der Waals surface area contributed by atoms with E-state index in [0.29, 0.717) is 106 Å². The molecule has 65 heavy (non-hydrogen) atoms. The van der Waals surface area contributed by atoms with Crippen LogP contribution in [0.25, 0.3) is 0 Å². The number of hydrogen-bond acceptors (Lipinski definition) is 13. The molecule has 0 aliphatic rings. The Morgan fingerprint density at radius 3 is 0.585 bits per heavy atom. The van der Waals surface area contributed by atoms with Crippen LogP contribution in [0.1, 0.15) is 181 Å². The maximum atomic E-state index is 12.0. The lowest BCUT2D eigenvalue weighted by molar-refractivity contribution is -0.0156. The average Bonchev–Trinajstić information content (AvgIpc) is 3.30. The number of phosphoric ester groups is 1. The molecule has 392 valence electrons. The second kappa shape index (κ2) is 58.0. The fraction of sp³-hybridized carbons (Fsp3) is 1.00. The lowest BCUT2D eigenvalue weighted by atomic mass is 10.0. The van der Waals surface area contributed by atoms with Gasteiger partial charge < -0.3 is 52.3 Å². The molecule has 0 aliphatic carbocycles. The van der Waals surface area contributed by atoms with E-state index in [1.807, 2.05) is 0 Å². The van der Waals surface area contributed by atoms with Gasteiger partial charge in [-0.05, 0) is 12.8 Å². The van der Waals surface area contributed by atoms with Crippen LogP contribution in [-0.4, -0.2) is 150 Å². The molecule has 0 unspecified atom stereocenters. The van der Waals surface area contributed by atoms with Gasteiger partial charge in [-0.25, -0.2) is 4.57 Å². The first-order valence-electron chi connectivity index (χ1n) is 26.5. The first kappa shape index (κ1) is 64.7. The predicted molar refractivity (Wildman–Crippen MR) is 261 cm³/mol. The smallest absolute Gasteiger partial charge is 0.379 e. The Morgan fingerprint density at radius 2 is 0.385 bits per heavy atom. The summed E-state index contributed by atoms with van der Waals surface area (Å²) in [7, 11) is -4.19. The van der Waals surface area contributed by atoms with Gasteiger partial charge in [0.25, 0.3) is 0 Å². The molecule has 0 bridgehead atoms. The van der Waals surface area contributed by atoms with Crippen molar-refractivity contribution in [1.29, 1.82) is 0 Å². The van der Waals surface area contributed by atoms with Gasteiger partial charge in [-0.3, -0.25) is 9.05 Å². The molecular formula is C50H103O14P. The van der Waals surface area contributed by atoms with E-state index >= 15 is 0 Å². The standard InChI is InChI=1S/C50H103O14P/c1-3-5-7-9-11-13-15-17-19-21-23-25-27-29-53-31-33-55-35-37-57-39-41-59-43-45-61-47-49-63-65(51,52)64-50-48-62-46-44-60-42-40-58-38-36-56-34-32-54-30-28-26-24-22-20-18-16-14-12-10-8-6-4-2/h3-50H2,1-2H3,(H,51,52). The van der Waals surface area contributed by atoms with Gasteiger partial charge in [-0.2, -0.15) is 0 Å². The maximum Gasteiger partial charge on any atom is 0.472 e. The van der Waals surface area contributed by atoms with Crippen molar-refractivity contribution in [2.45, 2.75) is 181 Å². The largest absolute Gasteiger partial charge is 0.472 e. The molecule has 0 fully saturated rings. The Hall–Kier alpha value is -0.290. The van der Waals surface area contributed by atoms with E-state index in [2.05, 4.69) is 13.8 Å². The minimum Gasteiger partial charge on any atom is -0.379 e. The zero-order valence-corrected chi connectivity index (χ0v) is 43.0. The lowest BCUT2D eigenvalue weighted by Gasteiger charge is -2.12. The van der Waals surface area contributed by atoms with E-state index in [-0.39, 0.29) is 26.4 Å². The van der Waals surface area contributed by atoms with Gasteiger partial charge in [0.15, 0.2) is 0 Å². The van der Waals surface area contributed by atoms with Crippen molar-refractivity contribution in [3.63, 3.8) is 0 Å². The van der Waals surface area contributed by atoms with Gasteiger partial charge in [0.05, 0.1) is 132 Å². The zero-order chi connectivity index (χ0) is 46.9. The number of hydrogen-bond donors (Lipinski definition) is 1. The summed E-state index contributed by atoms with van der Waals surface area (Å²) in [5.41, 5.74) is 0. The number of unbranched alkanes of at least 4 members (excludes halogenated alkanes) is 24. The van der Waals surface area contributed by atoms with Crippen LogP contribution in [0.3, 0.4) is 0 Å². The van der Waals surface area contributed by atoms with Crippen LogP contribution < -0.4 is 0 Å². The fourth-order valence-corrected chi connectivity index (χ4v) is 7.55. The number of phosphoric acid groups is 1. The Labute approximate surface area is 398 Å². The molecule has 0 rings (SSSR count). The van der Waals surface area contributed by atoms with Crippen molar-refractivity contribution >= 4 is 7.82 Å². The first-order chi connectivity index (χ1) is 32.1. The van der Waals surface area contributed by atoms with Crippen LogP contribution in [-0.2, 0) is 61.0 Å². The van der Waals surface area contributed by atoms with Crippen LogP contribution in [0.15, 0.2) is 0 Å². The van der Waals surface area contributed by atoms with Crippen LogP contribution >= 0.6 is 7.82 Å². The molecule has 0 aromatic rings. The highest BCUT2D eigenvalue weighted by Crippen LogP contribution is 2.42. The zero-order valence-electron chi connectivity index (χ0n) is 42.1. The van der Waals surface area contributed by atoms with E-state index in [1.54, 1.807) is 0 Å². The molecule has 0 saturated heterocycles. The molecule has 0 aromatic carbocycles. The maximum absolute atomic E-state index is 12.0.